The molecule has 2 heterocycles. The van der Waals surface area contributed by atoms with Crippen molar-refractivity contribution in [2.75, 3.05) is 13.2 Å². The van der Waals surface area contributed by atoms with Gasteiger partial charge in [0.25, 0.3) is 5.91 Å². The molecule has 2 N–H and O–H groups in total. The molecule has 2 aromatic heterocycles. The van der Waals surface area contributed by atoms with E-state index in [1.807, 2.05) is 20.8 Å². The van der Waals surface area contributed by atoms with Crippen LogP contribution in [0.1, 0.15) is 48.4 Å². The third-order valence-corrected chi connectivity index (χ3v) is 6.02. The number of rotatable bonds is 8. The molecule has 0 unspecified atom stereocenters. The predicted octanol–water partition coefficient (Wildman–Crippen LogP) is 5.06. The lowest BCUT2D eigenvalue weighted by atomic mass is 10.0. The average Bonchev–Trinajstić information content (AvgIpc) is 3.33. The van der Waals surface area contributed by atoms with Gasteiger partial charge in [-0.2, -0.15) is 5.10 Å². The van der Waals surface area contributed by atoms with E-state index in [1.165, 1.54) is 12.1 Å². The van der Waals surface area contributed by atoms with Gasteiger partial charge in [0, 0.05) is 40.5 Å². The van der Waals surface area contributed by atoms with Crippen LogP contribution in [0.3, 0.4) is 0 Å². The zero-order valence-electron chi connectivity index (χ0n) is 20.2. The topological polar surface area (TPSA) is 91.3 Å². The molecule has 0 bridgehead atoms. The number of fused-ring (bicyclic) bond motifs is 1. The minimum atomic E-state index is -0.741. The van der Waals surface area contributed by atoms with Gasteiger partial charge in [0.2, 0.25) is 0 Å². The van der Waals surface area contributed by atoms with Crippen molar-refractivity contribution < 1.29 is 19.0 Å². The number of nitrogens with zero attached hydrogens (tertiary/aromatic N) is 3. The molecule has 0 spiro atoms. The Bertz CT molecular complexity index is 1350. The van der Waals surface area contributed by atoms with E-state index < -0.39 is 12.1 Å². The van der Waals surface area contributed by atoms with E-state index in [0.717, 1.165) is 22.2 Å². The number of H-pyrrole nitrogens is 1. The van der Waals surface area contributed by atoms with Crippen LogP contribution in [0.5, 0.6) is 5.75 Å². The predicted molar refractivity (Wildman–Crippen MR) is 133 cm³/mol. The molecular weight excluding hydrogens is 447 g/mol. The molecule has 35 heavy (non-hydrogen) atoms. The Morgan fingerprint density at radius 3 is 2.71 bits per heavy atom. The number of halogens is 1. The van der Waals surface area contributed by atoms with Crippen molar-refractivity contribution in [2.24, 2.45) is 0 Å². The first-order valence-electron chi connectivity index (χ1n) is 11.6. The minimum Gasteiger partial charge on any atom is -0.493 e. The Labute approximate surface area is 203 Å². The maximum Gasteiger partial charge on any atom is 0.254 e. The summed E-state index contributed by atoms with van der Waals surface area (Å²) < 4.78 is 19.7. The maximum absolute atomic E-state index is 13.8. The molecule has 0 aliphatic carbocycles. The number of aliphatic hydroxyl groups is 1. The SMILES string of the molecule is CCOc1cc(C(=O)N(C[C@H](C)O)[C@@H](C)c2cnc(C)c3cn[nH]c23)ccc1-c1cccc(F)c1. The Morgan fingerprint density at radius 1 is 1.20 bits per heavy atom. The van der Waals surface area contributed by atoms with Crippen LogP contribution in [0.2, 0.25) is 0 Å². The molecule has 0 saturated carbocycles. The van der Waals surface area contributed by atoms with Crippen molar-refractivity contribution in [1.82, 2.24) is 20.1 Å². The van der Waals surface area contributed by atoms with E-state index in [2.05, 4.69) is 15.2 Å². The van der Waals surface area contributed by atoms with Gasteiger partial charge in [0.15, 0.2) is 0 Å². The van der Waals surface area contributed by atoms with Crippen LogP contribution in [0.25, 0.3) is 22.0 Å². The fraction of sp³-hybridized carbons (Fsp3) is 0.296. The smallest absolute Gasteiger partial charge is 0.254 e. The van der Waals surface area contributed by atoms with Crippen LogP contribution >= 0.6 is 0 Å². The molecule has 0 radical (unpaired) electrons. The van der Waals surface area contributed by atoms with E-state index in [4.69, 9.17) is 4.74 Å². The molecule has 4 aromatic rings. The number of amides is 1. The number of ether oxygens (including phenoxy) is 1. The summed E-state index contributed by atoms with van der Waals surface area (Å²) in [6.45, 7) is 7.81. The van der Waals surface area contributed by atoms with E-state index in [0.29, 0.717) is 29.0 Å². The largest absolute Gasteiger partial charge is 0.493 e. The van der Waals surface area contributed by atoms with Gasteiger partial charge in [-0.3, -0.25) is 14.9 Å². The van der Waals surface area contributed by atoms with E-state index >= 15 is 0 Å². The van der Waals surface area contributed by atoms with Crippen LogP contribution < -0.4 is 4.74 Å². The number of hydrogen-bond donors (Lipinski definition) is 2. The van der Waals surface area contributed by atoms with Crippen LogP contribution in [0, 0.1) is 12.7 Å². The van der Waals surface area contributed by atoms with E-state index in [-0.39, 0.29) is 18.3 Å². The number of pyridine rings is 1. The molecular formula is C27H29FN4O3. The van der Waals surface area contributed by atoms with Gasteiger partial charge < -0.3 is 14.7 Å². The molecule has 1 amide bonds. The van der Waals surface area contributed by atoms with Gasteiger partial charge in [-0.25, -0.2) is 4.39 Å². The third-order valence-electron chi connectivity index (χ3n) is 6.02. The van der Waals surface area contributed by atoms with Crippen molar-refractivity contribution in [3.05, 3.63) is 77.5 Å². The third kappa shape index (κ3) is 5.02. The highest BCUT2D eigenvalue weighted by Gasteiger charge is 2.27. The zero-order chi connectivity index (χ0) is 25.1. The fourth-order valence-corrected chi connectivity index (χ4v) is 4.26. The lowest BCUT2D eigenvalue weighted by Gasteiger charge is -2.31. The van der Waals surface area contributed by atoms with Crippen molar-refractivity contribution in [1.29, 1.82) is 0 Å². The number of aromatic nitrogens is 3. The first-order valence-corrected chi connectivity index (χ1v) is 11.6. The Balaban J connectivity index is 1.74. The van der Waals surface area contributed by atoms with Crippen LogP contribution in [0.4, 0.5) is 4.39 Å². The van der Waals surface area contributed by atoms with Gasteiger partial charge in [0.1, 0.15) is 11.6 Å². The molecule has 182 valence electrons. The summed E-state index contributed by atoms with van der Waals surface area (Å²) in [6.07, 6.45) is 2.71. The first kappa shape index (κ1) is 24.3. The highest BCUT2D eigenvalue weighted by atomic mass is 19.1. The summed E-state index contributed by atoms with van der Waals surface area (Å²) in [5.74, 6) is -0.126. The Hall–Kier alpha value is -3.78. The van der Waals surface area contributed by atoms with E-state index in [1.54, 1.807) is 54.5 Å². The van der Waals surface area contributed by atoms with Gasteiger partial charge in [-0.15, -0.1) is 0 Å². The summed E-state index contributed by atoms with van der Waals surface area (Å²) in [7, 11) is 0. The second-order valence-electron chi connectivity index (χ2n) is 8.59. The van der Waals surface area contributed by atoms with Crippen molar-refractivity contribution in [3.8, 4) is 16.9 Å². The maximum atomic E-state index is 13.8. The monoisotopic (exact) mass is 476 g/mol. The highest BCUT2D eigenvalue weighted by Crippen LogP contribution is 2.34. The summed E-state index contributed by atoms with van der Waals surface area (Å²) in [6, 6.07) is 11.0. The fourth-order valence-electron chi connectivity index (χ4n) is 4.26. The standard InChI is InChI=1S/C27H29FN4O3/c1-5-35-25-12-20(9-10-22(25)19-7-6-8-21(28)11-19)27(34)32(15-16(2)33)18(4)24-13-29-17(3)23-14-30-31-26(23)24/h6-14,16,18,33H,5,15H2,1-4H3,(H,30,31)/t16-,18-/m0/s1. The number of carbonyl (C=O) groups excluding carboxylic acids is 1. The number of carbonyl (C=O) groups is 1. The molecule has 4 rings (SSSR count). The molecule has 2 aromatic carbocycles. The lowest BCUT2D eigenvalue weighted by Crippen LogP contribution is -2.38. The number of hydrogen-bond acceptors (Lipinski definition) is 5. The molecule has 0 fully saturated rings. The van der Waals surface area contributed by atoms with Crippen LogP contribution in [0.15, 0.2) is 54.9 Å². The normalized spacial score (nSPS) is 13.0. The lowest BCUT2D eigenvalue weighted by molar-refractivity contribution is 0.0559. The van der Waals surface area contributed by atoms with Gasteiger partial charge in [0.05, 0.1) is 30.5 Å². The van der Waals surface area contributed by atoms with Crippen molar-refractivity contribution in [3.63, 3.8) is 0 Å². The average molecular weight is 477 g/mol. The quantitative estimate of drug-likeness (QED) is 0.371. The molecule has 2 atom stereocenters. The summed E-state index contributed by atoms with van der Waals surface area (Å²) in [5.41, 5.74) is 4.21. The second kappa shape index (κ2) is 10.2. The highest BCUT2D eigenvalue weighted by molar-refractivity contribution is 5.96. The number of aliphatic hydroxyl groups excluding tert-OH is 1. The Morgan fingerprint density at radius 2 is 2.00 bits per heavy atom. The molecule has 0 aliphatic rings. The van der Waals surface area contributed by atoms with Crippen LogP contribution in [-0.2, 0) is 0 Å². The number of aryl methyl sites for hydroxylation is 1. The number of nitrogens with one attached hydrogen (secondary N) is 1. The zero-order valence-corrected chi connectivity index (χ0v) is 20.2. The van der Waals surface area contributed by atoms with Crippen LogP contribution in [-0.4, -0.2) is 50.4 Å². The van der Waals surface area contributed by atoms with E-state index in [9.17, 15) is 14.3 Å². The second-order valence-corrected chi connectivity index (χ2v) is 8.59. The molecule has 0 aliphatic heterocycles. The summed E-state index contributed by atoms with van der Waals surface area (Å²) >= 11 is 0. The summed E-state index contributed by atoms with van der Waals surface area (Å²) in [5, 5.41) is 18.2. The van der Waals surface area contributed by atoms with Crippen molar-refractivity contribution in [2.45, 2.75) is 39.8 Å². The minimum absolute atomic E-state index is 0.124. The van der Waals surface area contributed by atoms with Gasteiger partial charge in [-0.05, 0) is 63.6 Å². The van der Waals surface area contributed by atoms with Crippen molar-refractivity contribution >= 4 is 16.8 Å². The summed E-state index contributed by atoms with van der Waals surface area (Å²) in [4.78, 5) is 19.8. The van der Waals surface area contributed by atoms with Gasteiger partial charge in [-0.1, -0.05) is 12.1 Å². The number of benzene rings is 2. The number of aromatic amines is 1. The molecule has 7 nitrogen and oxygen atoms in total. The molecule has 8 heteroatoms. The first-order chi connectivity index (χ1) is 16.8. The molecule has 0 saturated heterocycles. The van der Waals surface area contributed by atoms with Gasteiger partial charge >= 0.3 is 0 Å². The Kier molecular flexibility index (Phi) is 7.12.